The summed E-state index contributed by atoms with van der Waals surface area (Å²) in [7, 11) is 0. The zero-order valence-corrected chi connectivity index (χ0v) is 12.7. The maximum Gasteiger partial charge on any atom is 0.247 e. The number of aliphatic hydroxyl groups is 1. The predicted octanol–water partition coefficient (Wildman–Crippen LogP) is 0.387. The SMILES string of the molecule is CC(N)(C(=O)N1CCCN(CCO)CC1)c1ccccc1. The van der Waals surface area contributed by atoms with E-state index < -0.39 is 5.54 Å². The van der Waals surface area contributed by atoms with Crippen LogP contribution >= 0.6 is 0 Å². The summed E-state index contributed by atoms with van der Waals surface area (Å²) in [6.45, 7) is 5.70. The number of β-amino-alcohol motifs (C(OH)–C–C–N with tert-alkyl or cyclic N) is 1. The van der Waals surface area contributed by atoms with Crippen molar-refractivity contribution in [2.45, 2.75) is 18.9 Å². The average molecular weight is 291 g/mol. The fraction of sp³-hybridized carbons (Fsp3) is 0.562. The van der Waals surface area contributed by atoms with E-state index in [2.05, 4.69) is 4.90 Å². The summed E-state index contributed by atoms with van der Waals surface area (Å²) < 4.78 is 0. The third-order valence-corrected chi connectivity index (χ3v) is 4.11. The van der Waals surface area contributed by atoms with Gasteiger partial charge in [-0.1, -0.05) is 30.3 Å². The molecule has 0 aliphatic carbocycles. The zero-order valence-electron chi connectivity index (χ0n) is 12.7. The van der Waals surface area contributed by atoms with Crippen LogP contribution in [-0.4, -0.2) is 60.1 Å². The Bertz CT molecular complexity index is 462. The van der Waals surface area contributed by atoms with Crippen molar-refractivity contribution < 1.29 is 9.90 Å². The van der Waals surface area contributed by atoms with Gasteiger partial charge in [-0.2, -0.15) is 0 Å². The molecule has 1 atom stereocenters. The van der Waals surface area contributed by atoms with Crippen molar-refractivity contribution in [3.8, 4) is 0 Å². The second-order valence-corrected chi connectivity index (χ2v) is 5.78. The van der Waals surface area contributed by atoms with Crippen molar-refractivity contribution in [1.82, 2.24) is 9.80 Å². The first kappa shape index (κ1) is 15.9. The van der Waals surface area contributed by atoms with Gasteiger partial charge in [0.15, 0.2) is 0 Å². The van der Waals surface area contributed by atoms with Gasteiger partial charge in [0, 0.05) is 26.2 Å². The van der Waals surface area contributed by atoms with Crippen molar-refractivity contribution in [2.24, 2.45) is 5.73 Å². The van der Waals surface area contributed by atoms with Gasteiger partial charge in [0.1, 0.15) is 5.54 Å². The molecule has 5 nitrogen and oxygen atoms in total. The van der Waals surface area contributed by atoms with Gasteiger partial charge in [0.2, 0.25) is 5.91 Å². The molecule has 2 rings (SSSR count). The van der Waals surface area contributed by atoms with E-state index in [0.29, 0.717) is 13.1 Å². The molecule has 1 heterocycles. The summed E-state index contributed by atoms with van der Waals surface area (Å²) in [4.78, 5) is 16.8. The second kappa shape index (κ2) is 7.02. The first-order valence-electron chi connectivity index (χ1n) is 7.52. The van der Waals surface area contributed by atoms with E-state index in [1.54, 1.807) is 6.92 Å². The number of amides is 1. The van der Waals surface area contributed by atoms with Crippen molar-refractivity contribution >= 4 is 5.91 Å². The third-order valence-electron chi connectivity index (χ3n) is 4.11. The summed E-state index contributed by atoms with van der Waals surface area (Å²) in [6.07, 6.45) is 0.913. The number of hydrogen-bond acceptors (Lipinski definition) is 4. The Kier molecular flexibility index (Phi) is 5.33. The molecule has 1 saturated heterocycles. The van der Waals surface area contributed by atoms with Crippen LogP contribution in [0.4, 0.5) is 0 Å². The lowest BCUT2D eigenvalue weighted by Crippen LogP contribution is -2.51. The zero-order chi connectivity index (χ0) is 15.3. The molecule has 5 heteroatoms. The van der Waals surface area contributed by atoms with Crippen LogP contribution in [0.1, 0.15) is 18.9 Å². The molecule has 1 aromatic carbocycles. The van der Waals surface area contributed by atoms with Gasteiger partial charge in [-0.3, -0.25) is 9.69 Å². The summed E-state index contributed by atoms with van der Waals surface area (Å²) in [5.74, 6) is -0.0282. The molecule has 0 bridgehead atoms. The number of nitrogens with zero attached hydrogens (tertiary/aromatic N) is 2. The molecule has 1 aromatic rings. The highest BCUT2D eigenvalue weighted by Crippen LogP contribution is 2.21. The van der Waals surface area contributed by atoms with Crippen LogP contribution in [0.15, 0.2) is 30.3 Å². The third kappa shape index (κ3) is 3.81. The highest BCUT2D eigenvalue weighted by atomic mass is 16.3. The van der Waals surface area contributed by atoms with Crippen LogP contribution in [0.2, 0.25) is 0 Å². The summed E-state index contributed by atoms with van der Waals surface area (Å²) in [6, 6.07) is 9.52. The summed E-state index contributed by atoms with van der Waals surface area (Å²) in [5.41, 5.74) is 6.16. The van der Waals surface area contributed by atoms with E-state index in [9.17, 15) is 4.79 Å². The first-order chi connectivity index (χ1) is 10.1. The van der Waals surface area contributed by atoms with E-state index in [4.69, 9.17) is 10.8 Å². The summed E-state index contributed by atoms with van der Waals surface area (Å²) >= 11 is 0. The lowest BCUT2D eigenvalue weighted by Gasteiger charge is -2.31. The van der Waals surface area contributed by atoms with E-state index in [1.165, 1.54) is 0 Å². The Morgan fingerprint density at radius 1 is 1.24 bits per heavy atom. The van der Waals surface area contributed by atoms with Crippen LogP contribution in [0.3, 0.4) is 0 Å². The lowest BCUT2D eigenvalue weighted by atomic mass is 9.91. The molecule has 21 heavy (non-hydrogen) atoms. The largest absolute Gasteiger partial charge is 0.395 e. The number of carbonyl (C=O) groups excluding carboxylic acids is 1. The molecule has 1 fully saturated rings. The molecular weight excluding hydrogens is 266 g/mol. The maximum atomic E-state index is 12.8. The van der Waals surface area contributed by atoms with Gasteiger partial charge >= 0.3 is 0 Å². The molecule has 1 amide bonds. The molecule has 1 aliphatic heterocycles. The van der Waals surface area contributed by atoms with E-state index in [1.807, 2.05) is 35.2 Å². The first-order valence-corrected chi connectivity index (χ1v) is 7.52. The molecule has 0 saturated carbocycles. The van der Waals surface area contributed by atoms with Gasteiger partial charge in [0.05, 0.1) is 6.61 Å². The van der Waals surface area contributed by atoms with Crippen molar-refractivity contribution in [3.63, 3.8) is 0 Å². The Morgan fingerprint density at radius 2 is 1.95 bits per heavy atom. The van der Waals surface area contributed by atoms with Crippen molar-refractivity contribution in [1.29, 1.82) is 0 Å². The second-order valence-electron chi connectivity index (χ2n) is 5.78. The Morgan fingerprint density at radius 3 is 2.62 bits per heavy atom. The van der Waals surface area contributed by atoms with Crippen LogP contribution in [0, 0.1) is 0 Å². The van der Waals surface area contributed by atoms with Gasteiger partial charge < -0.3 is 15.7 Å². The lowest BCUT2D eigenvalue weighted by molar-refractivity contribution is -0.136. The number of carbonyl (C=O) groups is 1. The van der Waals surface area contributed by atoms with Crippen LogP contribution in [0.5, 0.6) is 0 Å². The van der Waals surface area contributed by atoms with E-state index in [-0.39, 0.29) is 12.5 Å². The van der Waals surface area contributed by atoms with Crippen molar-refractivity contribution in [3.05, 3.63) is 35.9 Å². The van der Waals surface area contributed by atoms with Gasteiger partial charge in [-0.05, 0) is 25.5 Å². The number of rotatable bonds is 4. The van der Waals surface area contributed by atoms with Crippen molar-refractivity contribution in [2.75, 3.05) is 39.3 Å². The minimum atomic E-state index is -0.993. The molecule has 0 radical (unpaired) electrons. The van der Waals surface area contributed by atoms with E-state index >= 15 is 0 Å². The standard InChI is InChI=1S/C16H25N3O2/c1-16(17,14-6-3-2-4-7-14)15(21)19-9-5-8-18(10-11-19)12-13-20/h2-4,6-7,20H,5,8-13,17H2,1H3. The van der Waals surface area contributed by atoms with Crippen LogP contribution < -0.4 is 5.73 Å². The number of benzene rings is 1. The average Bonchev–Trinajstić information content (AvgIpc) is 2.73. The number of aliphatic hydroxyl groups excluding tert-OH is 1. The quantitative estimate of drug-likeness (QED) is 0.842. The van der Waals surface area contributed by atoms with Gasteiger partial charge in [0.25, 0.3) is 0 Å². The van der Waals surface area contributed by atoms with Gasteiger partial charge in [-0.25, -0.2) is 0 Å². The molecule has 3 N–H and O–H groups in total. The summed E-state index contributed by atoms with van der Waals surface area (Å²) in [5, 5.41) is 9.02. The number of hydrogen-bond donors (Lipinski definition) is 2. The van der Waals surface area contributed by atoms with Crippen LogP contribution in [-0.2, 0) is 10.3 Å². The van der Waals surface area contributed by atoms with E-state index in [0.717, 1.165) is 31.6 Å². The predicted molar refractivity (Wildman–Crippen MR) is 82.7 cm³/mol. The fourth-order valence-electron chi connectivity index (χ4n) is 2.78. The van der Waals surface area contributed by atoms with Gasteiger partial charge in [-0.15, -0.1) is 0 Å². The Hall–Kier alpha value is -1.43. The Balaban J connectivity index is 2.05. The highest BCUT2D eigenvalue weighted by molar-refractivity contribution is 5.87. The fourth-order valence-corrected chi connectivity index (χ4v) is 2.78. The maximum absolute atomic E-state index is 12.8. The highest BCUT2D eigenvalue weighted by Gasteiger charge is 2.34. The molecular formula is C16H25N3O2. The number of nitrogens with two attached hydrogens (primary N) is 1. The normalized spacial score (nSPS) is 19.9. The molecule has 0 aromatic heterocycles. The monoisotopic (exact) mass is 291 g/mol. The van der Waals surface area contributed by atoms with Crippen LogP contribution in [0.25, 0.3) is 0 Å². The minimum absolute atomic E-state index is 0.0282. The molecule has 1 unspecified atom stereocenters. The molecule has 1 aliphatic rings. The Labute approximate surface area is 126 Å². The minimum Gasteiger partial charge on any atom is -0.395 e. The topological polar surface area (TPSA) is 69.8 Å². The smallest absolute Gasteiger partial charge is 0.247 e. The molecule has 0 spiro atoms. The molecule has 116 valence electrons.